The number of rotatable bonds is 6. The summed E-state index contributed by atoms with van der Waals surface area (Å²) in [4.78, 5) is 18.9. The average molecular weight is 583 g/mol. The van der Waals surface area contributed by atoms with E-state index in [1.165, 1.54) is 0 Å². The molecular formula is C12H12K2N2O16S2. The number of phenolic OH excluding ortho intramolecular Hbond substituents is 2. The van der Waals surface area contributed by atoms with Gasteiger partial charge < -0.3 is 38.6 Å². The molecule has 2 aromatic rings. The van der Waals surface area contributed by atoms with Gasteiger partial charge in [0.25, 0.3) is 32.2 Å². The third kappa shape index (κ3) is 15.4. The molecule has 0 unspecified atom stereocenters. The first-order valence-corrected chi connectivity index (χ1v) is 9.51. The van der Waals surface area contributed by atoms with Gasteiger partial charge in [0, 0.05) is 12.1 Å². The fourth-order valence-electron chi connectivity index (χ4n) is 1.60. The normalized spacial score (nSPS) is 9.71. The van der Waals surface area contributed by atoms with Gasteiger partial charge in [-0.2, -0.15) is 0 Å². The molecule has 6 N–H and O–H groups in total. The second-order valence-electron chi connectivity index (χ2n) is 4.80. The van der Waals surface area contributed by atoms with Crippen molar-refractivity contribution in [3.8, 4) is 23.0 Å². The SMILES string of the molecule is O.O.O=[N+]([O-])c1ccc(OS(=O)(=O)[O-])c(O)c1.O=[N+]([O-])c1ccc(OS(=O)(=O)[O-])c(O)c1.[K+].[K+]. The van der Waals surface area contributed by atoms with Crippen molar-refractivity contribution in [2.24, 2.45) is 0 Å². The topological polar surface area (TPSA) is 323 Å². The molecule has 0 radical (unpaired) electrons. The Morgan fingerprint density at radius 2 is 0.941 bits per heavy atom. The van der Waals surface area contributed by atoms with Gasteiger partial charge in [0.15, 0.2) is 23.0 Å². The molecule has 22 heteroatoms. The molecule has 180 valence electrons. The smallest absolute Gasteiger partial charge is 0.716 e. The molecule has 0 saturated carbocycles. The third-order valence-electron chi connectivity index (χ3n) is 2.69. The van der Waals surface area contributed by atoms with Crippen molar-refractivity contribution in [3.63, 3.8) is 0 Å². The van der Waals surface area contributed by atoms with E-state index in [0.29, 0.717) is 12.1 Å². The van der Waals surface area contributed by atoms with E-state index in [-0.39, 0.29) is 114 Å². The van der Waals surface area contributed by atoms with E-state index in [2.05, 4.69) is 8.37 Å². The van der Waals surface area contributed by atoms with Gasteiger partial charge in [0.05, 0.1) is 22.0 Å². The van der Waals surface area contributed by atoms with Crippen LogP contribution in [0.4, 0.5) is 11.4 Å². The molecule has 2 rings (SSSR count). The largest absolute Gasteiger partial charge is 1.00 e. The van der Waals surface area contributed by atoms with Crippen LogP contribution in [0.3, 0.4) is 0 Å². The summed E-state index contributed by atoms with van der Waals surface area (Å²) in [6.07, 6.45) is 0. The van der Waals surface area contributed by atoms with Crippen LogP contribution in [0.5, 0.6) is 23.0 Å². The molecule has 0 aliphatic carbocycles. The second kappa shape index (κ2) is 17.0. The Kier molecular flexibility index (Phi) is 20.3. The summed E-state index contributed by atoms with van der Waals surface area (Å²) in [5, 5.41) is 38.6. The summed E-state index contributed by atoms with van der Waals surface area (Å²) in [6, 6.07) is 4.73. The minimum atomic E-state index is -5.01. The number of nitro benzene ring substituents is 2. The standard InChI is InChI=1S/2C6H5NO7S.2K.2H2O/c2*8-5-3-4(7(9)10)1-2-6(5)14-15(11,12)13;;;;/h2*1-3,8H,(H,11,12,13);;;2*1H2/q;;2*+1;;/p-2. The van der Waals surface area contributed by atoms with E-state index in [4.69, 9.17) is 10.2 Å². The van der Waals surface area contributed by atoms with E-state index in [0.717, 1.165) is 24.3 Å². The summed E-state index contributed by atoms with van der Waals surface area (Å²) in [7, 11) is -10.0. The molecule has 0 spiro atoms. The first-order chi connectivity index (χ1) is 13.6. The van der Waals surface area contributed by atoms with E-state index in [1.54, 1.807) is 0 Å². The second-order valence-corrected chi connectivity index (χ2v) is 6.77. The van der Waals surface area contributed by atoms with Crippen molar-refractivity contribution >= 4 is 32.2 Å². The quantitative estimate of drug-likeness (QED) is 0.105. The maximum atomic E-state index is 10.2. The molecule has 0 saturated heterocycles. The van der Waals surface area contributed by atoms with Gasteiger partial charge >= 0.3 is 103 Å². The third-order valence-corrected chi connectivity index (χ3v) is 3.46. The van der Waals surface area contributed by atoms with Crippen LogP contribution in [0.1, 0.15) is 0 Å². The molecule has 0 fully saturated rings. The summed E-state index contributed by atoms with van der Waals surface area (Å²) < 4.78 is 68.5. The van der Waals surface area contributed by atoms with E-state index >= 15 is 0 Å². The number of nitrogens with zero attached hydrogens (tertiary/aromatic N) is 2. The van der Waals surface area contributed by atoms with Gasteiger partial charge in [0.1, 0.15) is 0 Å². The molecule has 2 aromatic carbocycles. The van der Waals surface area contributed by atoms with E-state index in [9.17, 15) is 46.2 Å². The first kappa shape index (κ1) is 40.6. The van der Waals surface area contributed by atoms with Gasteiger partial charge in [0.2, 0.25) is 0 Å². The summed E-state index contributed by atoms with van der Waals surface area (Å²) in [5.41, 5.74) is -0.911. The zero-order chi connectivity index (χ0) is 23.3. The average Bonchev–Trinajstić information content (AvgIpc) is 2.56. The number of non-ortho nitro benzene ring substituents is 2. The summed E-state index contributed by atoms with van der Waals surface area (Å²) in [6.45, 7) is 0. The van der Waals surface area contributed by atoms with Gasteiger partial charge in [-0.15, -0.1) is 0 Å². The van der Waals surface area contributed by atoms with Crippen molar-refractivity contribution < 1.29 is 168 Å². The molecule has 18 nitrogen and oxygen atoms in total. The van der Waals surface area contributed by atoms with Gasteiger partial charge in [-0.3, -0.25) is 20.2 Å². The van der Waals surface area contributed by atoms with Gasteiger partial charge in [-0.05, 0) is 12.1 Å². The van der Waals surface area contributed by atoms with E-state index in [1.807, 2.05) is 0 Å². The number of benzene rings is 2. The molecule has 34 heavy (non-hydrogen) atoms. The predicted molar refractivity (Wildman–Crippen MR) is 97.4 cm³/mol. The van der Waals surface area contributed by atoms with Crippen LogP contribution in [-0.2, 0) is 20.8 Å². The Morgan fingerprint density at radius 1 is 0.676 bits per heavy atom. The van der Waals surface area contributed by atoms with Crippen molar-refractivity contribution in [3.05, 3.63) is 56.6 Å². The van der Waals surface area contributed by atoms with Gasteiger partial charge in [-0.25, -0.2) is 16.8 Å². The van der Waals surface area contributed by atoms with E-state index < -0.39 is 65.0 Å². The number of hydrogen-bond acceptors (Lipinski definition) is 14. The van der Waals surface area contributed by atoms with Crippen LogP contribution >= 0.6 is 0 Å². The molecule has 0 atom stereocenters. The number of nitro groups is 2. The molecule has 0 heterocycles. The molecular weight excluding hydrogens is 570 g/mol. The van der Waals surface area contributed by atoms with Crippen molar-refractivity contribution in [2.75, 3.05) is 0 Å². The van der Waals surface area contributed by atoms with Crippen LogP contribution in [0.15, 0.2) is 36.4 Å². The fraction of sp³-hybridized carbons (Fsp3) is 0. The fourth-order valence-corrected chi connectivity index (χ4v) is 2.32. The van der Waals surface area contributed by atoms with Crippen LogP contribution < -0.4 is 111 Å². The van der Waals surface area contributed by atoms with Crippen LogP contribution in [0.25, 0.3) is 0 Å². The Bertz CT molecular complexity index is 1090. The first-order valence-electron chi connectivity index (χ1n) is 6.84. The van der Waals surface area contributed by atoms with Crippen molar-refractivity contribution in [1.82, 2.24) is 0 Å². The Morgan fingerprint density at radius 3 is 1.12 bits per heavy atom. The molecule has 0 amide bonds. The van der Waals surface area contributed by atoms with Crippen molar-refractivity contribution in [1.29, 1.82) is 0 Å². The summed E-state index contributed by atoms with van der Waals surface area (Å²) >= 11 is 0. The number of phenols is 2. The predicted octanol–water partition coefficient (Wildman–Crippen LogP) is -7.36. The van der Waals surface area contributed by atoms with Crippen LogP contribution in [0.2, 0.25) is 0 Å². The molecule has 0 aliphatic rings. The maximum absolute atomic E-state index is 10.2. The minimum absolute atomic E-state index is 0. The molecule has 0 aromatic heterocycles. The Labute approximate surface area is 275 Å². The number of hydrogen-bond donors (Lipinski definition) is 2. The monoisotopic (exact) mass is 582 g/mol. The minimum Gasteiger partial charge on any atom is -0.716 e. The van der Waals surface area contributed by atoms with Crippen LogP contribution in [-0.4, -0.2) is 57.0 Å². The number of aromatic hydroxyl groups is 2. The Balaban J connectivity index is -0.000000237. The van der Waals surface area contributed by atoms with Crippen molar-refractivity contribution in [2.45, 2.75) is 0 Å². The molecule has 0 bridgehead atoms. The zero-order valence-corrected chi connectivity index (χ0v) is 24.8. The molecule has 0 aliphatic heterocycles. The zero-order valence-electron chi connectivity index (χ0n) is 17.0. The summed E-state index contributed by atoms with van der Waals surface area (Å²) in [5.74, 6) is -2.92. The Hall–Kier alpha value is -0.547. The van der Waals surface area contributed by atoms with Crippen LogP contribution in [0, 0.1) is 20.2 Å². The maximum Gasteiger partial charge on any atom is 1.00 e. The van der Waals surface area contributed by atoms with Gasteiger partial charge in [-0.1, -0.05) is 0 Å².